The summed E-state index contributed by atoms with van der Waals surface area (Å²) in [6.07, 6.45) is 5.56. The van der Waals surface area contributed by atoms with Crippen molar-refractivity contribution in [1.82, 2.24) is 4.98 Å². The fraction of sp³-hybridized carbons (Fsp3) is 0.364. The number of thiazole rings is 1. The molecule has 2 N–H and O–H groups in total. The summed E-state index contributed by atoms with van der Waals surface area (Å²) in [7, 11) is 0. The molecule has 3 aromatic rings. The van der Waals surface area contributed by atoms with Crippen LogP contribution in [-0.4, -0.2) is 22.7 Å². The van der Waals surface area contributed by atoms with Crippen LogP contribution in [0.5, 0.6) is 5.75 Å². The van der Waals surface area contributed by atoms with E-state index in [1.54, 1.807) is 0 Å². The number of aromatic amines is 1. The molecule has 0 saturated heterocycles. The molecular weight excluding hydrogens is 374 g/mol. The Morgan fingerprint density at radius 2 is 2.00 bits per heavy atom. The highest BCUT2D eigenvalue weighted by molar-refractivity contribution is 7.16. The maximum atomic E-state index is 11.6. The van der Waals surface area contributed by atoms with Gasteiger partial charge >= 0.3 is 10.8 Å². The first-order chi connectivity index (χ1) is 13.6. The van der Waals surface area contributed by atoms with Gasteiger partial charge in [0.15, 0.2) is 0 Å². The number of aromatic nitrogens is 1. The van der Waals surface area contributed by atoms with E-state index in [0.717, 1.165) is 32.7 Å². The van der Waals surface area contributed by atoms with E-state index in [9.17, 15) is 9.59 Å². The predicted molar refractivity (Wildman–Crippen MR) is 111 cm³/mol. The highest BCUT2D eigenvalue weighted by Gasteiger charge is 2.17. The molecule has 146 valence electrons. The number of aryl methyl sites for hydroxylation is 1. The summed E-state index contributed by atoms with van der Waals surface area (Å²) in [4.78, 5) is 25.3. The van der Waals surface area contributed by atoms with Crippen LogP contribution in [0.15, 0.2) is 41.2 Å². The number of aliphatic carboxylic acids is 1. The van der Waals surface area contributed by atoms with Gasteiger partial charge in [-0.15, -0.1) is 0 Å². The van der Waals surface area contributed by atoms with E-state index >= 15 is 0 Å². The van der Waals surface area contributed by atoms with E-state index in [1.165, 1.54) is 37.0 Å². The van der Waals surface area contributed by atoms with Crippen molar-refractivity contribution in [2.45, 2.75) is 38.5 Å². The second kappa shape index (κ2) is 8.19. The molecule has 1 saturated carbocycles. The number of carboxylic acid groups (broad SMARTS) is 1. The largest absolute Gasteiger partial charge is 0.493 e. The molecule has 5 nitrogen and oxygen atoms in total. The molecule has 0 unspecified atom stereocenters. The third-order valence-corrected chi connectivity index (χ3v) is 6.20. The summed E-state index contributed by atoms with van der Waals surface area (Å²) in [5.74, 6) is 0.617. The van der Waals surface area contributed by atoms with Crippen molar-refractivity contribution in [3.8, 4) is 16.9 Å². The van der Waals surface area contributed by atoms with Gasteiger partial charge in [0.2, 0.25) is 0 Å². The predicted octanol–water partition coefficient (Wildman–Crippen LogP) is 4.84. The first kappa shape index (κ1) is 18.7. The Labute approximate surface area is 167 Å². The molecular formula is C22H23NO4S. The van der Waals surface area contributed by atoms with Gasteiger partial charge in [0.25, 0.3) is 0 Å². The zero-order valence-electron chi connectivity index (χ0n) is 15.6. The monoisotopic (exact) mass is 397 g/mol. The Hall–Kier alpha value is -2.60. The number of hydrogen-bond acceptors (Lipinski definition) is 4. The van der Waals surface area contributed by atoms with Gasteiger partial charge in [0.1, 0.15) is 5.75 Å². The molecule has 1 aromatic heterocycles. The molecule has 0 spiro atoms. The lowest BCUT2D eigenvalue weighted by Gasteiger charge is -2.16. The minimum Gasteiger partial charge on any atom is -0.493 e. The lowest BCUT2D eigenvalue weighted by molar-refractivity contribution is -0.136. The average molecular weight is 397 g/mol. The van der Waals surface area contributed by atoms with E-state index in [-0.39, 0.29) is 11.3 Å². The van der Waals surface area contributed by atoms with Crippen LogP contribution >= 0.6 is 11.3 Å². The quantitative estimate of drug-likeness (QED) is 0.598. The number of H-pyrrole nitrogens is 1. The molecule has 4 rings (SSSR count). The van der Waals surface area contributed by atoms with Gasteiger partial charge in [-0.3, -0.25) is 9.59 Å². The summed E-state index contributed by atoms with van der Waals surface area (Å²) in [5.41, 5.74) is 3.71. The van der Waals surface area contributed by atoms with Gasteiger partial charge < -0.3 is 14.8 Å². The smallest absolute Gasteiger partial charge is 0.305 e. The van der Waals surface area contributed by atoms with Crippen molar-refractivity contribution in [3.05, 3.63) is 51.6 Å². The van der Waals surface area contributed by atoms with E-state index in [1.807, 2.05) is 36.4 Å². The van der Waals surface area contributed by atoms with Crippen molar-refractivity contribution >= 4 is 27.5 Å². The van der Waals surface area contributed by atoms with Crippen LogP contribution in [0.1, 0.15) is 37.7 Å². The summed E-state index contributed by atoms with van der Waals surface area (Å²) in [5, 5.41) is 8.99. The molecule has 0 radical (unpaired) electrons. The van der Waals surface area contributed by atoms with Gasteiger partial charge in [-0.1, -0.05) is 36.3 Å². The second-order valence-electron chi connectivity index (χ2n) is 7.41. The second-order valence-corrected chi connectivity index (χ2v) is 8.43. The Kier molecular flexibility index (Phi) is 5.48. The van der Waals surface area contributed by atoms with Crippen LogP contribution in [0.3, 0.4) is 0 Å². The van der Waals surface area contributed by atoms with Crippen LogP contribution in [0.25, 0.3) is 21.3 Å². The van der Waals surface area contributed by atoms with Crippen LogP contribution in [0, 0.1) is 5.92 Å². The summed E-state index contributed by atoms with van der Waals surface area (Å²) >= 11 is 1.19. The number of benzene rings is 2. The molecule has 6 heteroatoms. The number of ether oxygens (including phenoxy) is 1. The fourth-order valence-electron chi connectivity index (χ4n) is 3.83. The zero-order chi connectivity index (χ0) is 19.5. The van der Waals surface area contributed by atoms with Gasteiger partial charge in [-0.2, -0.15) is 0 Å². The van der Waals surface area contributed by atoms with E-state index in [2.05, 4.69) is 4.98 Å². The maximum Gasteiger partial charge on any atom is 0.305 e. The summed E-state index contributed by atoms with van der Waals surface area (Å²) < 4.78 is 7.09. The standard InChI is InChI=1S/C22H23NO4S/c24-21(25)10-6-14-5-9-19(27-13-15-3-1-2-4-15)17(11-14)16-7-8-18-20(12-16)28-22(26)23-18/h5,7-9,11-12,15H,1-4,6,10,13H2,(H,23,26)(H,24,25). The van der Waals surface area contributed by atoms with Gasteiger partial charge in [0, 0.05) is 12.0 Å². The minimum absolute atomic E-state index is 0.0694. The molecule has 0 bridgehead atoms. The van der Waals surface area contributed by atoms with Gasteiger partial charge in [-0.25, -0.2) is 0 Å². The lowest BCUT2D eigenvalue weighted by atomic mass is 9.99. The van der Waals surface area contributed by atoms with Crippen LogP contribution in [-0.2, 0) is 11.2 Å². The molecule has 0 aliphatic heterocycles. The molecule has 0 amide bonds. The number of hydrogen-bond donors (Lipinski definition) is 2. The highest BCUT2D eigenvalue weighted by atomic mass is 32.1. The number of carbonyl (C=O) groups is 1. The number of carboxylic acids is 1. The Morgan fingerprint density at radius 3 is 2.79 bits per heavy atom. The third kappa shape index (κ3) is 4.28. The molecule has 1 aliphatic carbocycles. The molecule has 1 aliphatic rings. The minimum atomic E-state index is -0.804. The zero-order valence-corrected chi connectivity index (χ0v) is 16.4. The maximum absolute atomic E-state index is 11.6. The number of nitrogens with one attached hydrogen (secondary N) is 1. The van der Waals surface area contributed by atoms with Crippen molar-refractivity contribution in [1.29, 1.82) is 0 Å². The van der Waals surface area contributed by atoms with E-state index in [4.69, 9.17) is 9.84 Å². The third-order valence-electron chi connectivity index (χ3n) is 5.35. The molecule has 2 aromatic carbocycles. The van der Waals surface area contributed by atoms with Gasteiger partial charge in [0.05, 0.1) is 16.8 Å². The molecule has 1 fully saturated rings. The average Bonchev–Trinajstić information content (AvgIpc) is 3.32. The van der Waals surface area contributed by atoms with Crippen molar-refractivity contribution in [2.24, 2.45) is 5.92 Å². The Bertz CT molecular complexity index is 1050. The summed E-state index contributed by atoms with van der Waals surface area (Å²) in [6, 6.07) is 11.8. The molecule has 1 heterocycles. The lowest BCUT2D eigenvalue weighted by Crippen LogP contribution is -2.09. The molecule has 28 heavy (non-hydrogen) atoms. The number of fused-ring (bicyclic) bond motifs is 1. The van der Waals surface area contributed by atoms with Crippen molar-refractivity contribution in [3.63, 3.8) is 0 Å². The molecule has 0 atom stereocenters. The normalized spacial score (nSPS) is 14.6. The SMILES string of the molecule is O=C(O)CCc1ccc(OCC2CCCC2)c(-c2ccc3[nH]c(=O)sc3c2)c1. The van der Waals surface area contributed by atoms with Gasteiger partial charge in [-0.05, 0) is 60.6 Å². The van der Waals surface area contributed by atoms with E-state index in [0.29, 0.717) is 18.9 Å². The van der Waals surface area contributed by atoms with Crippen LogP contribution in [0.4, 0.5) is 0 Å². The Morgan fingerprint density at radius 1 is 1.18 bits per heavy atom. The Balaban J connectivity index is 1.67. The highest BCUT2D eigenvalue weighted by Crippen LogP contribution is 2.35. The van der Waals surface area contributed by atoms with Crippen LogP contribution in [0.2, 0.25) is 0 Å². The first-order valence-electron chi connectivity index (χ1n) is 9.69. The number of rotatable bonds is 7. The fourth-order valence-corrected chi connectivity index (χ4v) is 4.61. The topological polar surface area (TPSA) is 79.4 Å². The first-order valence-corrected chi connectivity index (χ1v) is 10.5. The summed E-state index contributed by atoms with van der Waals surface area (Å²) in [6.45, 7) is 0.710. The van der Waals surface area contributed by atoms with Crippen molar-refractivity contribution in [2.75, 3.05) is 6.61 Å². The van der Waals surface area contributed by atoms with Crippen molar-refractivity contribution < 1.29 is 14.6 Å². The van der Waals surface area contributed by atoms with Crippen LogP contribution < -0.4 is 9.61 Å². The van der Waals surface area contributed by atoms with E-state index < -0.39 is 5.97 Å².